The molecular formula is C17H19N4O4S+. The van der Waals surface area contributed by atoms with Crippen LogP contribution in [0, 0.1) is 0 Å². The van der Waals surface area contributed by atoms with Crippen LogP contribution in [0.4, 0.5) is 0 Å². The SMILES string of the molecule is CC(O)c1ccc2c[n+](CC3=C(C(=O)O)N4C(=O)C(N)[C@H]4SC3)ccn12. The normalized spacial score (nSPS) is 23.8. The molecule has 4 heterocycles. The molecule has 136 valence electrons. The smallest absolute Gasteiger partial charge is 0.352 e. The number of aliphatic hydroxyl groups excluding tert-OH is 1. The van der Waals surface area contributed by atoms with E-state index in [9.17, 15) is 19.8 Å². The number of carboxylic acid groups (broad SMARTS) is 1. The number of carbonyl (C=O) groups excluding carboxylic acids is 1. The van der Waals surface area contributed by atoms with Crippen LogP contribution < -0.4 is 10.3 Å². The zero-order chi connectivity index (χ0) is 18.6. The average Bonchev–Trinajstić information content (AvgIpc) is 3.03. The Hall–Kier alpha value is -2.36. The number of aromatic nitrogens is 2. The summed E-state index contributed by atoms with van der Waals surface area (Å²) in [4.78, 5) is 25.1. The van der Waals surface area contributed by atoms with Crippen LogP contribution in [0.15, 0.2) is 42.0 Å². The summed E-state index contributed by atoms with van der Waals surface area (Å²) in [5.74, 6) is -0.931. The van der Waals surface area contributed by atoms with Crippen molar-refractivity contribution < 1.29 is 24.4 Å². The lowest BCUT2D eigenvalue weighted by Gasteiger charge is -2.47. The molecule has 2 aromatic rings. The molecule has 4 rings (SSSR count). The number of aliphatic carboxylic acids is 1. The minimum Gasteiger partial charge on any atom is -0.477 e. The molecule has 1 saturated heterocycles. The van der Waals surface area contributed by atoms with Crippen molar-refractivity contribution >= 4 is 29.2 Å². The summed E-state index contributed by atoms with van der Waals surface area (Å²) in [6.45, 7) is 2.07. The Bertz CT molecular complexity index is 951. The van der Waals surface area contributed by atoms with Gasteiger partial charge in [-0.15, -0.1) is 11.8 Å². The Morgan fingerprint density at radius 2 is 2.27 bits per heavy atom. The highest BCUT2D eigenvalue weighted by Crippen LogP contribution is 2.39. The zero-order valence-corrected chi connectivity index (χ0v) is 14.9. The number of rotatable bonds is 4. The van der Waals surface area contributed by atoms with Crippen LogP contribution in [0.2, 0.25) is 0 Å². The van der Waals surface area contributed by atoms with Crippen LogP contribution in [-0.4, -0.2) is 48.6 Å². The summed E-state index contributed by atoms with van der Waals surface area (Å²) >= 11 is 1.49. The first-order valence-electron chi connectivity index (χ1n) is 8.22. The minimum atomic E-state index is -1.11. The van der Waals surface area contributed by atoms with Crippen molar-refractivity contribution in [2.45, 2.75) is 31.0 Å². The number of carboxylic acids is 1. The molecular weight excluding hydrogens is 356 g/mol. The Balaban J connectivity index is 1.68. The lowest BCUT2D eigenvalue weighted by molar-refractivity contribution is -0.688. The lowest BCUT2D eigenvalue weighted by Crippen LogP contribution is -2.68. The molecule has 3 atom stereocenters. The number of β-lactam (4-membered cyclic amide) rings is 1. The first kappa shape index (κ1) is 17.1. The number of hydrogen-bond acceptors (Lipinski definition) is 5. The van der Waals surface area contributed by atoms with E-state index in [-0.39, 0.29) is 17.0 Å². The van der Waals surface area contributed by atoms with Gasteiger partial charge in [-0.2, -0.15) is 4.57 Å². The maximum atomic E-state index is 12.0. The third-order valence-electron chi connectivity index (χ3n) is 4.78. The number of thioether (sulfide) groups is 1. The summed E-state index contributed by atoms with van der Waals surface area (Å²) in [7, 11) is 0. The fraction of sp³-hybridized carbons (Fsp3) is 0.353. The fourth-order valence-electron chi connectivity index (χ4n) is 3.48. The van der Waals surface area contributed by atoms with Crippen molar-refractivity contribution in [3.63, 3.8) is 0 Å². The van der Waals surface area contributed by atoms with Crippen LogP contribution in [0.25, 0.3) is 5.52 Å². The number of hydrogen-bond donors (Lipinski definition) is 3. The van der Waals surface area contributed by atoms with Crippen molar-refractivity contribution in [1.82, 2.24) is 9.30 Å². The summed E-state index contributed by atoms with van der Waals surface area (Å²) in [5.41, 5.74) is 8.17. The van der Waals surface area contributed by atoms with Gasteiger partial charge in [0.2, 0.25) is 5.91 Å². The van der Waals surface area contributed by atoms with Crippen molar-refractivity contribution in [3.05, 3.63) is 47.7 Å². The van der Waals surface area contributed by atoms with Gasteiger partial charge in [0.25, 0.3) is 0 Å². The van der Waals surface area contributed by atoms with Gasteiger partial charge < -0.3 is 20.3 Å². The van der Waals surface area contributed by atoms with Gasteiger partial charge >= 0.3 is 5.97 Å². The van der Waals surface area contributed by atoms with Gasteiger partial charge in [0.1, 0.15) is 22.6 Å². The third kappa shape index (κ3) is 2.51. The Kier molecular flexibility index (Phi) is 4.02. The molecule has 9 heteroatoms. The predicted molar refractivity (Wildman–Crippen MR) is 94.0 cm³/mol. The molecule has 4 N–H and O–H groups in total. The molecule has 2 aliphatic heterocycles. The minimum absolute atomic E-state index is 0.0490. The second kappa shape index (κ2) is 6.11. The second-order valence-electron chi connectivity index (χ2n) is 6.52. The van der Waals surface area contributed by atoms with Crippen molar-refractivity contribution in [2.75, 3.05) is 5.75 Å². The third-order valence-corrected chi connectivity index (χ3v) is 6.14. The van der Waals surface area contributed by atoms with E-state index in [0.29, 0.717) is 17.9 Å². The number of nitrogens with two attached hydrogens (primary N) is 1. The van der Waals surface area contributed by atoms with Crippen LogP contribution in [0.5, 0.6) is 0 Å². The van der Waals surface area contributed by atoms with Gasteiger partial charge in [-0.05, 0) is 19.1 Å². The van der Waals surface area contributed by atoms with Gasteiger partial charge in [-0.3, -0.25) is 9.69 Å². The van der Waals surface area contributed by atoms with Gasteiger partial charge in [0.05, 0.1) is 18.0 Å². The molecule has 8 nitrogen and oxygen atoms in total. The average molecular weight is 375 g/mol. The summed E-state index contributed by atoms with van der Waals surface area (Å²) < 4.78 is 3.77. The monoisotopic (exact) mass is 375 g/mol. The highest BCUT2D eigenvalue weighted by molar-refractivity contribution is 8.00. The van der Waals surface area contributed by atoms with E-state index in [4.69, 9.17) is 5.73 Å². The molecule has 2 unspecified atom stereocenters. The molecule has 2 aliphatic rings. The highest BCUT2D eigenvalue weighted by Gasteiger charge is 2.52. The van der Waals surface area contributed by atoms with Gasteiger partial charge in [-0.25, -0.2) is 4.79 Å². The standard InChI is InChI=1S/C17H18N4O4S/c1-9(22)12-3-2-11-7-19(4-5-20(11)12)6-10-8-26-16-13(18)15(23)21(16)14(10)17(24)25/h2-5,7,9,13,16,22H,6,8,18H2,1H3/p+1/t9?,13?,16-/m1/s1. The molecule has 0 aliphatic carbocycles. The van der Waals surface area contributed by atoms with Crippen LogP contribution in [0.1, 0.15) is 18.7 Å². The first-order valence-corrected chi connectivity index (χ1v) is 9.27. The van der Waals surface area contributed by atoms with Crippen molar-refractivity contribution in [3.8, 4) is 0 Å². The topological polar surface area (TPSA) is 112 Å². The van der Waals surface area contributed by atoms with E-state index in [2.05, 4.69) is 0 Å². The quantitative estimate of drug-likeness (QED) is 0.507. The van der Waals surface area contributed by atoms with Crippen LogP contribution >= 0.6 is 11.8 Å². The Labute approximate surface area is 153 Å². The maximum absolute atomic E-state index is 12.0. The molecule has 2 aromatic heterocycles. The molecule has 0 radical (unpaired) electrons. The molecule has 26 heavy (non-hydrogen) atoms. The predicted octanol–water partition coefficient (Wildman–Crippen LogP) is -0.139. The maximum Gasteiger partial charge on any atom is 0.352 e. The molecule has 0 spiro atoms. The number of carbonyl (C=O) groups is 2. The zero-order valence-electron chi connectivity index (χ0n) is 14.1. The van der Waals surface area contributed by atoms with Crippen molar-refractivity contribution in [1.29, 1.82) is 0 Å². The van der Waals surface area contributed by atoms with Crippen molar-refractivity contribution in [2.24, 2.45) is 5.73 Å². The largest absolute Gasteiger partial charge is 0.477 e. The molecule has 0 bridgehead atoms. The molecule has 1 amide bonds. The fourth-order valence-corrected chi connectivity index (χ4v) is 4.77. The Morgan fingerprint density at radius 1 is 1.50 bits per heavy atom. The van der Waals surface area contributed by atoms with E-state index in [1.807, 2.05) is 39.7 Å². The number of amides is 1. The number of nitrogens with zero attached hydrogens (tertiary/aromatic N) is 3. The van der Waals surface area contributed by atoms with E-state index in [0.717, 1.165) is 11.2 Å². The van der Waals surface area contributed by atoms with Gasteiger partial charge in [0, 0.05) is 11.3 Å². The summed E-state index contributed by atoms with van der Waals surface area (Å²) in [5, 5.41) is 19.1. The van der Waals surface area contributed by atoms with E-state index in [1.165, 1.54) is 16.7 Å². The highest BCUT2D eigenvalue weighted by atomic mass is 32.2. The summed E-state index contributed by atoms with van der Waals surface area (Å²) in [6, 6.07) is 3.13. The number of aliphatic hydroxyl groups is 1. The van der Waals surface area contributed by atoms with E-state index in [1.54, 1.807) is 6.92 Å². The first-order chi connectivity index (χ1) is 12.4. The van der Waals surface area contributed by atoms with Crippen LogP contribution in [0.3, 0.4) is 0 Å². The summed E-state index contributed by atoms with van der Waals surface area (Å²) in [6.07, 6.45) is 4.97. The lowest BCUT2D eigenvalue weighted by atomic mass is 10.0. The van der Waals surface area contributed by atoms with E-state index >= 15 is 0 Å². The van der Waals surface area contributed by atoms with Gasteiger partial charge in [0.15, 0.2) is 18.9 Å². The molecule has 0 saturated carbocycles. The Morgan fingerprint density at radius 3 is 2.96 bits per heavy atom. The molecule has 0 aromatic carbocycles. The van der Waals surface area contributed by atoms with E-state index < -0.39 is 18.1 Å². The number of fused-ring (bicyclic) bond motifs is 2. The van der Waals surface area contributed by atoms with Crippen LogP contribution in [-0.2, 0) is 16.1 Å². The molecule has 1 fully saturated rings. The second-order valence-corrected chi connectivity index (χ2v) is 7.63. The van der Waals surface area contributed by atoms with Gasteiger partial charge in [-0.1, -0.05) is 0 Å².